The summed E-state index contributed by atoms with van der Waals surface area (Å²) in [5.74, 6) is 0.940. The molecule has 1 saturated heterocycles. The maximum atomic E-state index is 4.28. The van der Waals surface area contributed by atoms with Crippen LogP contribution in [0.15, 0.2) is 12.3 Å². The molecule has 1 aliphatic carbocycles. The summed E-state index contributed by atoms with van der Waals surface area (Å²) in [7, 11) is 2.04. The van der Waals surface area contributed by atoms with Crippen molar-refractivity contribution in [2.45, 2.75) is 51.1 Å². The van der Waals surface area contributed by atoms with Gasteiger partial charge in [0.1, 0.15) is 0 Å². The number of aromatic nitrogens is 2. The van der Waals surface area contributed by atoms with E-state index in [2.05, 4.69) is 35.2 Å². The van der Waals surface area contributed by atoms with Gasteiger partial charge in [-0.1, -0.05) is 6.92 Å². The van der Waals surface area contributed by atoms with Crippen LogP contribution in [-0.2, 0) is 13.5 Å². The largest absolute Gasteiger partial charge is 0.311 e. The number of nitrogens with zero attached hydrogens (tertiary/aromatic N) is 3. The van der Waals surface area contributed by atoms with Gasteiger partial charge >= 0.3 is 0 Å². The number of hydrogen-bond donors (Lipinski definition) is 1. The van der Waals surface area contributed by atoms with E-state index in [1.54, 1.807) is 0 Å². The van der Waals surface area contributed by atoms with Crippen LogP contribution in [0, 0.1) is 5.92 Å². The molecule has 1 saturated carbocycles. The van der Waals surface area contributed by atoms with E-state index >= 15 is 0 Å². The average molecular weight is 276 g/mol. The van der Waals surface area contributed by atoms with Crippen LogP contribution < -0.4 is 5.32 Å². The van der Waals surface area contributed by atoms with Gasteiger partial charge in [-0.3, -0.25) is 9.58 Å². The molecule has 2 heterocycles. The van der Waals surface area contributed by atoms with E-state index < -0.39 is 0 Å². The molecule has 2 atom stereocenters. The lowest BCUT2D eigenvalue weighted by atomic mass is 9.90. The van der Waals surface area contributed by atoms with Gasteiger partial charge < -0.3 is 5.32 Å². The third kappa shape index (κ3) is 2.77. The van der Waals surface area contributed by atoms with Gasteiger partial charge in [0.25, 0.3) is 0 Å². The van der Waals surface area contributed by atoms with E-state index in [-0.39, 0.29) is 0 Å². The van der Waals surface area contributed by atoms with Crippen LogP contribution >= 0.6 is 0 Å². The Morgan fingerprint density at radius 1 is 1.45 bits per heavy atom. The molecule has 0 radical (unpaired) electrons. The van der Waals surface area contributed by atoms with Crippen LogP contribution in [0.3, 0.4) is 0 Å². The lowest BCUT2D eigenvalue weighted by Gasteiger charge is -2.48. The van der Waals surface area contributed by atoms with Gasteiger partial charge in [-0.2, -0.15) is 5.10 Å². The highest BCUT2D eigenvalue weighted by molar-refractivity contribution is 5.04. The highest BCUT2D eigenvalue weighted by atomic mass is 15.3. The fraction of sp³-hybridized carbons (Fsp3) is 0.812. The predicted molar refractivity (Wildman–Crippen MR) is 81.7 cm³/mol. The van der Waals surface area contributed by atoms with Gasteiger partial charge in [-0.05, 0) is 38.2 Å². The number of hydrogen-bond acceptors (Lipinski definition) is 3. The van der Waals surface area contributed by atoms with Crippen LogP contribution in [0.4, 0.5) is 0 Å². The zero-order chi connectivity index (χ0) is 14.2. The maximum Gasteiger partial charge on any atom is 0.0492 e. The molecule has 112 valence electrons. The van der Waals surface area contributed by atoms with Gasteiger partial charge in [0.2, 0.25) is 0 Å². The van der Waals surface area contributed by atoms with Crippen molar-refractivity contribution in [3.05, 3.63) is 18.0 Å². The summed E-state index contributed by atoms with van der Waals surface area (Å²) in [6, 6.07) is 2.87. The molecule has 1 N–H and O–H groups in total. The van der Waals surface area contributed by atoms with Crippen molar-refractivity contribution in [1.82, 2.24) is 20.0 Å². The zero-order valence-electron chi connectivity index (χ0n) is 13.1. The second kappa shape index (κ2) is 5.49. The molecule has 0 aromatic carbocycles. The standard InChI is InChI=1S/C16H28N4/c1-4-16(2)12-17-15(13-5-6-13)11-20(16)10-8-14-7-9-18-19(14)3/h7,9,13,15,17H,4-6,8,10-12H2,1-3H3. The number of piperazine rings is 1. The third-order valence-corrected chi connectivity index (χ3v) is 5.44. The van der Waals surface area contributed by atoms with Crippen molar-refractivity contribution in [2.24, 2.45) is 13.0 Å². The zero-order valence-corrected chi connectivity index (χ0v) is 13.1. The van der Waals surface area contributed by atoms with E-state index in [0.717, 1.165) is 31.5 Å². The molecule has 0 spiro atoms. The molecule has 3 rings (SSSR count). The fourth-order valence-electron chi connectivity index (χ4n) is 3.41. The first-order valence-electron chi connectivity index (χ1n) is 8.08. The average Bonchev–Trinajstić information content (AvgIpc) is 3.22. The first-order valence-corrected chi connectivity index (χ1v) is 8.08. The van der Waals surface area contributed by atoms with E-state index in [9.17, 15) is 0 Å². The quantitative estimate of drug-likeness (QED) is 0.890. The van der Waals surface area contributed by atoms with Crippen LogP contribution in [0.1, 0.15) is 38.8 Å². The molecule has 0 bridgehead atoms. The van der Waals surface area contributed by atoms with Gasteiger partial charge in [0, 0.05) is 56.6 Å². The predicted octanol–water partition coefficient (Wildman–Crippen LogP) is 1.82. The molecule has 1 aliphatic heterocycles. The highest BCUT2D eigenvalue weighted by Crippen LogP contribution is 2.36. The molecule has 1 aromatic rings. The Balaban J connectivity index is 1.64. The van der Waals surface area contributed by atoms with Gasteiger partial charge in [0.15, 0.2) is 0 Å². The Bertz CT molecular complexity index is 451. The summed E-state index contributed by atoms with van der Waals surface area (Å²) in [5.41, 5.74) is 1.65. The van der Waals surface area contributed by atoms with Crippen molar-refractivity contribution in [2.75, 3.05) is 19.6 Å². The van der Waals surface area contributed by atoms with Crippen LogP contribution in [0.2, 0.25) is 0 Å². The maximum absolute atomic E-state index is 4.28. The number of nitrogens with one attached hydrogen (secondary N) is 1. The van der Waals surface area contributed by atoms with Crippen LogP contribution in [0.25, 0.3) is 0 Å². The Morgan fingerprint density at radius 2 is 2.25 bits per heavy atom. The Labute approximate surface area is 122 Å². The number of aryl methyl sites for hydroxylation is 1. The van der Waals surface area contributed by atoms with Crippen LogP contribution in [0.5, 0.6) is 0 Å². The summed E-state index contributed by atoms with van der Waals surface area (Å²) in [6.45, 7) is 8.22. The Morgan fingerprint density at radius 3 is 2.85 bits per heavy atom. The SMILES string of the molecule is CCC1(C)CNC(C2CC2)CN1CCc1ccnn1C. The highest BCUT2D eigenvalue weighted by Gasteiger charge is 2.41. The molecule has 0 amide bonds. The molecule has 2 unspecified atom stereocenters. The van der Waals surface area contributed by atoms with Gasteiger partial charge in [0.05, 0.1) is 0 Å². The van der Waals surface area contributed by atoms with E-state index in [1.807, 2.05) is 17.9 Å². The number of rotatable bonds is 5. The minimum absolute atomic E-state index is 0.310. The second-order valence-electron chi connectivity index (χ2n) is 6.82. The normalized spacial score (nSPS) is 31.6. The van der Waals surface area contributed by atoms with Crippen molar-refractivity contribution in [3.63, 3.8) is 0 Å². The van der Waals surface area contributed by atoms with Crippen molar-refractivity contribution in [1.29, 1.82) is 0 Å². The Kier molecular flexibility index (Phi) is 3.87. The first-order chi connectivity index (χ1) is 9.62. The van der Waals surface area contributed by atoms with Gasteiger partial charge in [-0.25, -0.2) is 0 Å². The third-order valence-electron chi connectivity index (χ3n) is 5.44. The lowest BCUT2D eigenvalue weighted by molar-refractivity contribution is 0.0448. The molecular weight excluding hydrogens is 248 g/mol. The minimum atomic E-state index is 0.310. The summed E-state index contributed by atoms with van der Waals surface area (Å²) < 4.78 is 2.00. The molecule has 4 nitrogen and oxygen atoms in total. The van der Waals surface area contributed by atoms with Crippen molar-refractivity contribution < 1.29 is 0 Å². The summed E-state index contributed by atoms with van der Waals surface area (Å²) in [6.07, 6.45) is 7.07. The minimum Gasteiger partial charge on any atom is -0.311 e. The Hall–Kier alpha value is -0.870. The fourth-order valence-corrected chi connectivity index (χ4v) is 3.41. The van der Waals surface area contributed by atoms with E-state index in [0.29, 0.717) is 5.54 Å². The second-order valence-corrected chi connectivity index (χ2v) is 6.82. The molecule has 20 heavy (non-hydrogen) atoms. The summed E-state index contributed by atoms with van der Waals surface area (Å²) in [5, 5.41) is 8.07. The monoisotopic (exact) mass is 276 g/mol. The first kappa shape index (κ1) is 14.1. The van der Waals surface area contributed by atoms with Crippen molar-refractivity contribution >= 4 is 0 Å². The van der Waals surface area contributed by atoms with Crippen molar-refractivity contribution in [3.8, 4) is 0 Å². The molecule has 1 aromatic heterocycles. The van der Waals surface area contributed by atoms with E-state index in [4.69, 9.17) is 0 Å². The summed E-state index contributed by atoms with van der Waals surface area (Å²) >= 11 is 0. The lowest BCUT2D eigenvalue weighted by Crippen LogP contribution is -2.63. The van der Waals surface area contributed by atoms with E-state index in [1.165, 1.54) is 31.5 Å². The molecular formula is C16H28N4. The summed E-state index contributed by atoms with van der Waals surface area (Å²) in [4.78, 5) is 2.72. The smallest absolute Gasteiger partial charge is 0.0492 e. The molecule has 2 fully saturated rings. The molecule has 4 heteroatoms. The topological polar surface area (TPSA) is 33.1 Å². The molecule has 2 aliphatic rings. The van der Waals surface area contributed by atoms with Gasteiger partial charge in [-0.15, -0.1) is 0 Å². The van der Waals surface area contributed by atoms with Crippen LogP contribution in [-0.4, -0.2) is 45.9 Å².